The van der Waals surface area contributed by atoms with Gasteiger partial charge in [0.2, 0.25) is 0 Å². The highest BCUT2D eigenvalue weighted by atomic mass is 35.5. The molecule has 0 saturated heterocycles. The zero-order chi connectivity index (χ0) is 14.7. The second-order valence-corrected chi connectivity index (χ2v) is 4.29. The van der Waals surface area contributed by atoms with E-state index in [0.29, 0.717) is 0 Å². The molecule has 4 N–H and O–H groups in total. The number of hydrogen-bond donors (Lipinski definition) is 4. The number of alkyl halides is 2. The van der Waals surface area contributed by atoms with Crippen LogP contribution >= 0.6 is 23.2 Å². The lowest BCUT2D eigenvalue weighted by molar-refractivity contribution is 0.00593. The van der Waals surface area contributed by atoms with Crippen LogP contribution in [0.25, 0.3) is 0 Å². The first-order valence-electron chi connectivity index (χ1n) is 5.53. The Morgan fingerprint density at radius 2 is 1.37 bits per heavy atom. The van der Waals surface area contributed by atoms with Crippen LogP contribution in [0.3, 0.4) is 0 Å². The van der Waals surface area contributed by atoms with E-state index >= 15 is 0 Å². The molecule has 0 aromatic heterocycles. The highest BCUT2D eigenvalue weighted by Gasteiger charge is 2.05. The maximum atomic E-state index is 8.87. The van der Waals surface area contributed by atoms with Crippen LogP contribution in [0.15, 0.2) is 24.3 Å². The van der Waals surface area contributed by atoms with Crippen molar-refractivity contribution in [3.8, 4) is 11.5 Å². The molecule has 2 atom stereocenters. The number of hydrogen-bond acceptors (Lipinski definition) is 5. The van der Waals surface area contributed by atoms with Crippen LogP contribution in [-0.4, -0.2) is 57.6 Å². The van der Waals surface area contributed by atoms with E-state index in [0.717, 1.165) is 0 Å². The molecule has 0 bridgehead atoms. The molecule has 0 spiro atoms. The molecule has 110 valence electrons. The highest BCUT2D eigenvalue weighted by molar-refractivity contribution is 6.18. The second kappa shape index (κ2) is 11.1. The lowest BCUT2D eigenvalue weighted by atomic mass is 10.3. The van der Waals surface area contributed by atoms with Gasteiger partial charge in [0, 0.05) is 6.07 Å². The van der Waals surface area contributed by atoms with E-state index in [1.54, 1.807) is 6.07 Å². The molecule has 0 heterocycles. The third kappa shape index (κ3) is 10.9. The average molecular weight is 313 g/mol. The van der Waals surface area contributed by atoms with Gasteiger partial charge in [-0.1, -0.05) is 6.07 Å². The van der Waals surface area contributed by atoms with Crippen LogP contribution < -0.4 is 0 Å². The summed E-state index contributed by atoms with van der Waals surface area (Å²) in [5.41, 5.74) is 0. The van der Waals surface area contributed by atoms with Crippen LogP contribution in [0.1, 0.15) is 0 Å². The van der Waals surface area contributed by atoms with E-state index in [1.165, 1.54) is 18.2 Å². The number of benzene rings is 1. The second-order valence-electron chi connectivity index (χ2n) is 3.67. The van der Waals surface area contributed by atoms with Gasteiger partial charge in [0.1, 0.15) is 11.5 Å². The molecule has 7 heteroatoms. The Bertz CT molecular complexity index is 310. The largest absolute Gasteiger partial charge is 0.508 e. The predicted octanol–water partition coefficient (Wildman–Crippen LogP) is 1.30. The first kappa shape index (κ1) is 18.3. The number of rotatable bonds is 6. The van der Waals surface area contributed by atoms with E-state index < -0.39 is 12.2 Å². The van der Waals surface area contributed by atoms with Gasteiger partial charge in [-0.2, -0.15) is 0 Å². The molecule has 1 rings (SSSR count). The molecular weight excluding hydrogens is 295 g/mol. The molecule has 1 aromatic rings. The zero-order valence-corrected chi connectivity index (χ0v) is 11.8. The quantitative estimate of drug-likeness (QED) is 0.594. The van der Waals surface area contributed by atoms with Crippen molar-refractivity contribution < 1.29 is 25.2 Å². The Hall–Kier alpha value is -0.720. The summed E-state index contributed by atoms with van der Waals surface area (Å²) >= 11 is 10.6. The van der Waals surface area contributed by atoms with Crippen molar-refractivity contribution >= 4 is 23.2 Å². The summed E-state index contributed by atoms with van der Waals surface area (Å²) in [5.74, 6) is 0.448. The highest BCUT2D eigenvalue weighted by Crippen LogP contribution is 2.14. The van der Waals surface area contributed by atoms with Crippen molar-refractivity contribution in [1.82, 2.24) is 0 Å². The maximum absolute atomic E-state index is 8.87. The molecule has 5 nitrogen and oxygen atoms in total. The molecule has 19 heavy (non-hydrogen) atoms. The van der Waals surface area contributed by atoms with Gasteiger partial charge in [-0.25, -0.2) is 0 Å². The van der Waals surface area contributed by atoms with Gasteiger partial charge in [0.25, 0.3) is 0 Å². The summed E-state index contributed by atoms with van der Waals surface area (Å²) in [5, 5.41) is 35.1. The molecule has 0 aliphatic carbocycles. The summed E-state index contributed by atoms with van der Waals surface area (Å²) < 4.78 is 4.87. The maximum Gasteiger partial charge on any atom is 0.119 e. The van der Waals surface area contributed by atoms with Crippen LogP contribution in [-0.2, 0) is 4.74 Å². The number of ether oxygens (including phenoxy) is 1. The van der Waals surface area contributed by atoms with Crippen molar-refractivity contribution in [3.63, 3.8) is 0 Å². The molecule has 0 aliphatic rings. The SMILES string of the molecule is OC(CCl)COCC(O)CCl.Oc1cccc(O)c1. The third-order valence-electron chi connectivity index (χ3n) is 1.81. The lowest BCUT2D eigenvalue weighted by Gasteiger charge is -2.10. The van der Waals surface area contributed by atoms with Crippen molar-refractivity contribution in [2.75, 3.05) is 25.0 Å². The molecule has 0 saturated carbocycles. The van der Waals surface area contributed by atoms with Crippen molar-refractivity contribution in [2.24, 2.45) is 0 Å². The standard InChI is InChI=1S/C6H12Cl2O3.C6H6O2/c7-1-5(9)3-11-4-6(10)2-8;7-5-2-1-3-6(8)4-5/h5-6,9-10H,1-4H2;1-4,7-8H. The summed E-state index contributed by atoms with van der Waals surface area (Å²) in [7, 11) is 0. The fraction of sp³-hybridized carbons (Fsp3) is 0.500. The Morgan fingerprint density at radius 3 is 1.63 bits per heavy atom. The van der Waals surface area contributed by atoms with Gasteiger partial charge in [-0.05, 0) is 12.1 Å². The molecule has 0 fully saturated rings. The van der Waals surface area contributed by atoms with Crippen molar-refractivity contribution in [1.29, 1.82) is 0 Å². The summed E-state index contributed by atoms with van der Waals surface area (Å²) in [6.45, 7) is 0.273. The number of phenolic OH excluding ortho intramolecular Hbond substituents is 2. The fourth-order valence-corrected chi connectivity index (χ4v) is 1.10. The van der Waals surface area contributed by atoms with Crippen molar-refractivity contribution in [2.45, 2.75) is 12.2 Å². The predicted molar refractivity (Wildman–Crippen MR) is 74.0 cm³/mol. The molecule has 0 amide bonds. The van der Waals surface area contributed by atoms with Crippen LogP contribution in [0.4, 0.5) is 0 Å². The minimum Gasteiger partial charge on any atom is -0.508 e. The fourth-order valence-electron chi connectivity index (χ4n) is 0.922. The Morgan fingerprint density at radius 1 is 0.947 bits per heavy atom. The van der Waals surface area contributed by atoms with Gasteiger partial charge in [0.05, 0.1) is 37.2 Å². The van der Waals surface area contributed by atoms with E-state index in [-0.39, 0.29) is 36.5 Å². The van der Waals surface area contributed by atoms with E-state index in [1.807, 2.05) is 0 Å². The smallest absolute Gasteiger partial charge is 0.119 e. The Kier molecular flexibility index (Phi) is 10.7. The topological polar surface area (TPSA) is 90.2 Å². The van der Waals surface area contributed by atoms with E-state index in [4.69, 9.17) is 48.4 Å². The van der Waals surface area contributed by atoms with E-state index in [9.17, 15) is 0 Å². The Balaban J connectivity index is 0.000000356. The first-order chi connectivity index (χ1) is 8.99. The molecular formula is C12H18Cl2O5. The van der Waals surface area contributed by atoms with Crippen molar-refractivity contribution in [3.05, 3.63) is 24.3 Å². The lowest BCUT2D eigenvalue weighted by Crippen LogP contribution is -2.23. The summed E-state index contributed by atoms with van der Waals surface area (Å²) in [4.78, 5) is 0. The molecule has 1 aromatic carbocycles. The number of aliphatic hydroxyl groups is 2. The monoisotopic (exact) mass is 312 g/mol. The average Bonchev–Trinajstić information content (AvgIpc) is 2.38. The summed E-state index contributed by atoms with van der Waals surface area (Å²) in [6.07, 6.45) is -1.33. The normalized spacial score (nSPS) is 13.3. The number of phenols is 2. The van der Waals surface area contributed by atoms with Gasteiger partial charge in [0.15, 0.2) is 0 Å². The van der Waals surface area contributed by atoms with Gasteiger partial charge >= 0.3 is 0 Å². The number of aromatic hydroxyl groups is 2. The number of aliphatic hydroxyl groups excluding tert-OH is 2. The molecule has 2 unspecified atom stereocenters. The van der Waals surface area contributed by atoms with Crippen LogP contribution in [0.5, 0.6) is 11.5 Å². The summed E-state index contributed by atoms with van der Waals surface area (Å²) in [6, 6.07) is 5.85. The van der Waals surface area contributed by atoms with Gasteiger partial charge < -0.3 is 25.2 Å². The third-order valence-corrected chi connectivity index (χ3v) is 2.52. The molecule has 0 radical (unpaired) electrons. The van der Waals surface area contributed by atoms with Crippen LogP contribution in [0.2, 0.25) is 0 Å². The minimum atomic E-state index is -0.667. The molecule has 0 aliphatic heterocycles. The minimum absolute atomic E-state index is 0.0880. The van der Waals surface area contributed by atoms with Gasteiger partial charge in [-0.3, -0.25) is 0 Å². The van der Waals surface area contributed by atoms with Gasteiger partial charge in [-0.15, -0.1) is 23.2 Å². The van der Waals surface area contributed by atoms with E-state index in [2.05, 4.69) is 0 Å². The first-order valence-corrected chi connectivity index (χ1v) is 6.60. The Labute approximate surface area is 122 Å². The van der Waals surface area contributed by atoms with Crippen LogP contribution in [0, 0.1) is 0 Å². The number of halogens is 2. The zero-order valence-electron chi connectivity index (χ0n) is 10.2.